The molecule has 2 aliphatic rings. The molecule has 0 saturated carbocycles. The van der Waals surface area contributed by atoms with E-state index in [0.29, 0.717) is 47.0 Å². The van der Waals surface area contributed by atoms with Crippen LogP contribution < -0.4 is 14.4 Å². The van der Waals surface area contributed by atoms with Crippen molar-refractivity contribution in [3.05, 3.63) is 58.5 Å². The van der Waals surface area contributed by atoms with Gasteiger partial charge in [0, 0.05) is 13.1 Å². The monoisotopic (exact) mass is 484 g/mol. The van der Waals surface area contributed by atoms with E-state index in [9.17, 15) is 9.59 Å². The predicted octanol–water partition coefficient (Wildman–Crippen LogP) is 3.65. The van der Waals surface area contributed by atoms with Crippen molar-refractivity contribution in [3.63, 3.8) is 0 Å². The Labute approximate surface area is 202 Å². The molecule has 2 aliphatic heterocycles. The van der Waals surface area contributed by atoms with E-state index in [4.69, 9.17) is 26.4 Å². The molecule has 2 aromatic rings. The summed E-state index contributed by atoms with van der Waals surface area (Å²) >= 11 is 6.71. The van der Waals surface area contributed by atoms with Gasteiger partial charge in [-0.1, -0.05) is 47.7 Å². The molecule has 2 saturated heterocycles. The summed E-state index contributed by atoms with van der Waals surface area (Å²) in [5, 5.41) is 0. The Hall–Kier alpha value is -2.88. The molecule has 172 valence electrons. The van der Waals surface area contributed by atoms with E-state index in [-0.39, 0.29) is 18.4 Å². The highest BCUT2D eigenvalue weighted by Gasteiger charge is 2.33. The number of rotatable bonds is 6. The summed E-state index contributed by atoms with van der Waals surface area (Å²) in [5.41, 5.74) is 2.63. The summed E-state index contributed by atoms with van der Waals surface area (Å²) in [7, 11) is 1.53. The summed E-state index contributed by atoms with van der Waals surface area (Å²) < 4.78 is 16.9. The number of methoxy groups -OCH3 is 1. The highest BCUT2D eigenvalue weighted by Crippen LogP contribution is 2.37. The van der Waals surface area contributed by atoms with E-state index in [1.165, 1.54) is 23.8 Å². The highest BCUT2D eigenvalue weighted by atomic mass is 32.2. The minimum Gasteiger partial charge on any atom is -0.493 e. The molecule has 0 atom stereocenters. The normalized spacial score (nSPS) is 17.6. The number of thioether (sulfide) groups is 1. The molecular formula is C24H24N2O5S2. The number of thiocarbonyl (C=S) groups is 1. The Morgan fingerprint density at radius 2 is 1.88 bits per heavy atom. The summed E-state index contributed by atoms with van der Waals surface area (Å²) in [6, 6.07) is 13.0. The van der Waals surface area contributed by atoms with Crippen molar-refractivity contribution in [2.45, 2.75) is 6.92 Å². The van der Waals surface area contributed by atoms with E-state index in [2.05, 4.69) is 0 Å². The van der Waals surface area contributed by atoms with Gasteiger partial charge in [0.1, 0.15) is 0 Å². The number of morpholine rings is 1. The van der Waals surface area contributed by atoms with Gasteiger partial charge in [0.2, 0.25) is 0 Å². The van der Waals surface area contributed by atoms with Crippen LogP contribution in [-0.4, -0.2) is 61.1 Å². The van der Waals surface area contributed by atoms with Gasteiger partial charge in [0.05, 0.1) is 30.9 Å². The third kappa shape index (κ3) is 5.38. The zero-order chi connectivity index (χ0) is 23.4. The first-order valence-electron chi connectivity index (χ1n) is 10.5. The molecule has 0 aromatic heterocycles. The van der Waals surface area contributed by atoms with Crippen molar-refractivity contribution in [1.82, 2.24) is 4.90 Å². The third-order valence-electron chi connectivity index (χ3n) is 5.29. The van der Waals surface area contributed by atoms with E-state index in [1.54, 1.807) is 23.1 Å². The van der Waals surface area contributed by atoms with Crippen molar-refractivity contribution < 1.29 is 23.8 Å². The van der Waals surface area contributed by atoms with Gasteiger partial charge in [-0.3, -0.25) is 14.5 Å². The predicted molar refractivity (Wildman–Crippen MR) is 133 cm³/mol. The fraction of sp³-hybridized carbons (Fsp3) is 0.292. The number of carbonyl (C=O) groups excluding carboxylic acids is 2. The Morgan fingerprint density at radius 3 is 2.58 bits per heavy atom. The standard InChI is InChI=1S/C24H24N2O5S2/c1-16-3-6-18(7-4-16)26-23(28)21(33-24(26)32)14-17-5-8-19(20(13-17)29-2)31-15-22(27)25-9-11-30-12-10-25/h3-8,13-14H,9-12,15H2,1-2H3/b21-14+. The quantitative estimate of drug-likeness (QED) is 0.458. The van der Waals surface area contributed by atoms with Crippen molar-refractivity contribution in [2.75, 3.05) is 44.9 Å². The summed E-state index contributed by atoms with van der Waals surface area (Å²) in [4.78, 5) is 29.1. The Kier molecular flexibility index (Phi) is 7.32. The average Bonchev–Trinajstić information content (AvgIpc) is 3.11. The second kappa shape index (κ2) is 10.4. The fourth-order valence-electron chi connectivity index (χ4n) is 3.47. The van der Waals surface area contributed by atoms with Gasteiger partial charge in [0.15, 0.2) is 22.4 Å². The molecule has 2 heterocycles. The van der Waals surface area contributed by atoms with Crippen LogP contribution in [0.15, 0.2) is 47.4 Å². The zero-order valence-corrected chi connectivity index (χ0v) is 20.0. The molecule has 4 rings (SSSR count). The molecule has 0 unspecified atom stereocenters. The number of ether oxygens (including phenoxy) is 3. The second-order valence-electron chi connectivity index (χ2n) is 7.54. The Balaban J connectivity index is 1.47. The van der Waals surface area contributed by atoms with Gasteiger partial charge >= 0.3 is 0 Å². The van der Waals surface area contributed by atoms with Gasteiger partial charge in [0.25, 0.3) is 11.8 Å². The van der Waals surface area contributed by atoms with E-state index in [1.807, 2.05) is 37.3 Å². The second-order valence-corrected chi connectivity index (χ2v) is 9.22. The van der Waals surface area contributed by atoms with E-state index >= 15 is 0 Å². The zero-order valence-electron chi connectivity index (χ0n) is 18.4. The SMILES string of the molecule is COc1cc(/C=C2/SC(=S)N(c3ccc(C)cc3)C2=O)ccc1OCC(=O)N1CCOCC1. The first-order chi connectivity index (χ1) is 16.0. The molecule has 0 bridgehead atoms. The molecule has 2 aromatic carbocycles. The first kappa shape index (κ1) is 23.3. The Bertz CT molecular complexity index is 1090. The smallest absolute Gasteiger partial charge is 0.270 e. The number of anilines is 1. The summed E-state index contributed by atoms with van der Waals surface area (Å²) in [6.45, 7) is 4.13. The number of aryl methyl sites for hydroxylation is 1. The van der Waals surface area contributed by atoms with Crippen LogP contribution in [0.4, 0.5) is 5.69 Å². The van der Waals surface area contributed by atoms with Gasteiger partial charge in [-0.15, -0.1) is 0 Å². The topological polar surface area (TPSA) is 68.3 Å². The van der Waals surface area contributed by atoms with E-state index < -0.39 is 0 Å². The van der Waals surface area contributed by atoms with E-state index in [0.717, 1.165) is 16.8 Å². The average molecular weight is 485 g/mol. The molecule has 2 amide bonds. The molecule has 2 fully saturated rings. The lowest BCUT2D eigenvalue weighted by molar-refractivity contribution is -0.137. The number of nitrogens with zero attached hydrogens (tertiary/aromatic N) is 2. The van der Waals surface area contributed by atoms with Gasteiger partial charge in [-0.25, -0.2) is 0 Å². The van der Waals surface area contributed by atoms with Crippen LogP contribution >= 0.6 is 24.0 Å². The van der Waals surface area contributed by atoms with Crippen LogP contribution in [-0.2, 0) is 14.3 Å². The molecule has 9 heteroatoms. The largest absolute Gasteiger partial charge is 0.493 e. The van der Waals surface area contributed by atoms with Gasteiger partial charge in [-0.2, -0.15) is 0 Å². The van der Waals surface area contributed by atoms with Gasteiger partial charge < -0.3 is 19.1 Å². The van der Waals surface area contributed by atoms with Crippen LogP contribution in [0.2, 0.25) is 0 Å². The minimum atomic E-state index is -0.163. The Morgan fingerprint density at radius 1 is 1.15 bits per heavy atom. The van der Waals surface area contributed by atoms with Crippen LogP contribution in [0.5, 0.6) is 11.5 Å². The molecule has 0 radical (unpaired) electrons. The number of benzene rings is 2. The summed E-state index contributed by atoms with van der Waals surface area (Å²) in [5.74, 6) is 0.685. The van der Waals surface area contributed by atoms with Crippen molar-refractivity contribution in [1.29, 1.82) is 0 Å². The van der Waals surface area contributed by atoms with Crippen LogP contribution in [0, 0.1) is 6.92 Å². The number of amides is 2. The molecule has 33 heavy (non-hydrogen) atoms. The minimum absolute atomic E-state index is 0.0785. The molecule has 0 aliphatic carbocycles. The summed E-state index contributed by atoms with van der Waals surface area (Å²) in [6.07, 6.45) is 1.78. The van der Waals surface area contributed by atoms with Gasteiger partial charge in [-0.05, 0) is 42.8 Å². The third-order valence-corrected chi connectivity index (χ3v) is 6.59. The van der Waals surface area contributed by atoms with Crippen LogP contribution in [0.25, 0.3) is 6.08 Å². The first-order valence-corrected chi connectivity index (χ1v) is 11.7. The molecule has 7 nitrogen and oxygen atoms in total. The number of carbonyl (C=O) groups is 2. The van der Waals surface area contributed by atoms with Crippen LogP contribution in [0.3, 0.4) is 0 Å². The lowest BCUT2D eigenvalue weighted by atomic mass is 10.1. The molecule has 0 N–H and O–H groups in total. The lowest BCUT2D eigenvalue weighted by Crippen LogP contribution is -2.43. The maximum absolute atomic E-state index is 13.0. The van der Waals surface area contributed by atoms with Crippen molar-refractivity contribution >= 4 is 51.9 Å². The maximum atomic E-state index is 13.0. The maximum Gasteiger partial charge on any atom is 0.270 e. The number of hydrogen-bond acceptors (Lipinski definition) is 7. The molecular weight excluding hydrogens is 460 g/mol. The van der Waals surface area contributed by atoms with Crippen molar-refractivity contribution in [2.24, 2.45) is 0 Å². The number of hydrogen-bond donors (Lipinski definition) is 0. The fourth-order valence-corrected chi connectivity index (χ4v) is 4.77. The molecule has 0 spiro atoms. The van der Waals surface area contributed by atoms with Crippen molar-refractivity contribution in [3.8, 4) is 11.5 Å². The lowest BCUT2D eigenvalue weighted by Gasteiger charge is -2.26. The highest BCUT2D eigenvalue weighted by molar-refractivity contribution is 8.27. The van der Waals surface area contributed by atoms with Crippen LogP contribution in [0.1, 0.15) is 11.1 Å².